The van der Waals surface area contributed by atoms with Gasteiger partial charge in [0.2, 0.25) is 0 Å². The van der Waals surface area contributed by atoms with E-state index in [9.17, 15) is 5.26 Å². The Labute approximate surface area is 109 Å². The van der Waals surface area contributed by atoms with E-state index in [0.29, 0.717) is 0 Å². The minimum absolute atomic E-state index is 0.793. The highest BCUT2D eigenvalue weighted by atomic mass is 35.7. The van der Waals surface area contributed by atoms with Gasteiger partial charge in [-0.3, -0.25) is 0 Å². The van der Waals surface area contributed by atoms with Crippen LogP contribution in [0.4, 0.5) is 11.4 Å². The summed E-state index contributed by atoms with van der Waals surface area (Å²) in [6.45, 7) is 0. The standard InChI is InChI=1S/C13H9ClN2S/c14-17-13-9-5-4-8-12(13)16(10-15)11-6-2-1-3-7-11/h1-9H. The molecule has 0 aliphatic heterocycles. The summed E-state index contributed by atoms with van der Waals surface area (Å²) in [5.41, 5.74) is 1.62. The molecule has 0 radical (unpaired) electrons. The predicted molar refractivity (Wildman–Crippen MR) is 72.3 cm³/mol. The molecule has 0 N–H and O–H groups in total. The van der Waals surface area contributed by atoms with E-state index in [1.807, 2.05) is 54.6 Å². The maximum Gasteiger partial charge on any atom is 0.189 e. The largest absolute Gasteiger partial charge is 0.247 e. The van der Waals surface area contributed by atoms with Gasteiger partial charge < -0.3 is 0 Å². The van der Waals surface area contributed by atoms with Crippen molar-refractivity contribution in [3.63, 3.8) is 0 Å². The monoisotopic (exact) mass is 260 g/mol. The second-order valence-electron chi connectivity index (χ2n) is 3.32. The van der Waals surface area contributed by atoms with Crippen LogP contribution in [0.1, 0.15) is 0 Å². The zero-order chi connectivity index (χ0) is 12.1. The highest BCUT2D eigenvalue weighted by Crippen LogP contribution is 2.35. The lowest BCUT2D eigenvalue weighted by atomic mass is 10.2. The number of para-hydroxylation sites is 2. The molecular weight excluding hydrogens is 252 g/mol. The summed E-state index contributed by atoms with van der Waals surface area (Å²) in [5.74, 6) is 0. The van der Waals surface area contributed by atoms with Gasteiger partial charge in [-0.2, -0.15) is 5.26 Å². The van der Waals surface area contributed by atoms with Gasteiger partial charge in [0.25, 0.3) is 0 Å². The summed E-state index contributed by atoms with van der Waals surface area (Å²) in [6.07, 6.45) is 2.17. The Morgan fingerprint density at radius 1 is 1.00 bits per heavy atom. The van der Waals surface area contributed by atoms with Gasteiger partial charge in [0.1, 0.15) is 0 Å². The Morgan fingerprint density at radius 3 is 2.29 bits per heavy atom. The van der Waals surface area contributed by atoms with Crippen LogP contribution in [0.5, 0.6) is 0 Å². The SMILES string of the molecule is N#CN(c1ccccc1)c1ccccc1SCl. The second kappa shape index (κ2) is 5.62. The van der Waals surface area contributed by atoms with Crippen molar-refractivity contribution in [2.75, 3.05) is 4.90 Å². The molecular formula is C13H9ClN2S. The van der Waals surface area contributed by atoms with Crippen LogP contribution in [0.3, 0.4) is 0 Å². The lowest BCUT2D eigenvalue weighted by Gasteiger charge is -2.17. The van der Waals surface area contributed by atoms with Gasteiger partial charge in [0, 0.05) is 4.90 Å². The Hall–Kier alpha value is -1.63. The molecule has 2 aromatic carbocycles. The molecule has 2 aromatic rings. The minimum atomic E-state index is 0.793. The first kappa shape index (κ1) is 11.8. The summed E-state index contributed by atoms with van der Waals surface area (Å²) in [7, 11) is 6.91. The van der Waals surface area contributed by atoms with Gasteiger partial charge in [0.15, 0.2) is 6.19 Å². The molecule has 17 heavy (non-hydrogen) atoms. The highest BCUT2D eigenvalue weighted by molar-refractivity contribution is 8.21. The Bertz CT molecular complexity index is 537. The first-order chi connectivity index (χ1) is 8.36. The summed E-state index contributed by atoms with van der Waals surface area (Å²) in [4.78, 5) is 2.42. The van der Waals surface area contributed by atoms with Gasteiger partial charge in [-0.25, -0.2) is 4.90 Å². The van der Waals surface area contributed by atoms with Crippen LogP contribution in [-0.2, 0) is 0 Å². The number of nitrogens with zero attached hydrogens (tertiary/aromatic N) is 2. The molecule has 0 fully saturated rings. The van der Waals surface area contributed by atoms with Crippen LogP contribution in [0.25, 0.3) is 0 Å². The molecule has 0 spiro atoms. The molecule has 2 rings (SSSR count). The van der Waals surface area contributed by atoms with Crippen molar-refractivity contribution >= 4 is 33.0 Å². The number of hydrogen-bond acceptors (Lipinski definition) is 3. The zero-order valence-electron chi connectivity index (χ0n) is 8.88. The maximum absolute atomic E-state index is 9.28. The number of hydrogen-bond donors (Lipinski definition) is 0. The normalized spacial score (nSPS) is 9.65. The Kier molecular flexibility index (Phi) is 3.92. The molecule has 0 bridgehead atoms. The number of nitriles is 1. The summed E-state index contributed by atoms with van der Waals surface area (Å²) in [5, 5.41) is 9.28. The fraction of sp³-hybridized carbons (Fsp3) is 0. The predicted octanol–water partition coefficient (Wildman–Crippen LogP) is 4.55. The third-order valence-corrected chi connectivity index (χ3v) is 3.31. The van der Waals surface area contributed by atoms with Crippen molar-refractivity contribution < 1.29 is 0 Å². The molecule has 0 aliphatic rings. The molecule has 0 aliphatic carbocycles. The average Bonchev–Trinajstić information content (AvgIpc) is 2.41. The van der Waals surface area contributed by atoms with Crippen LogP contribution in [0.15, 0.2) is 59.5 Å². The topological polar surface area (TPSA) is 27.0 Å². The summed E-state index contributed by atoms with van der Waals surface area (Å²) < 4.78 is 0. The molecule has 0 unspecified atom stereocenters. The molecule has 2 nitrogen and oxygen atoms in total. The average molecular weight is 261 g/mol. The van der Waals surface area contributed by atoms with Crippen LogP contribution in [0, 0.1) is 11.5 Å². The lowest BCUT2D eigenvalue weighted by molar-refractivity contribution is 1.23. The number of benzene rings is 2. The Balaban J connectivity index is 2.47. The maximum atomic E-state index is 9.28. The zero-order valence-corrected chi connectivity index (χ0v) is 10.4. The van der Waals surface area contributed by atoms with E-state index < -0.39 is 0 Å². The van der Waals surface area contributed by atoms with Crippen LogP contribution >= 0.6 is 21.7 Å². The van der Waals surface area contributed by atoms with Crippen molar-refractivity contribution in [1.82, 2.24) is 0 Å². The van der Waals surface area contributed by atoms with Crippen LogP contribution < -0.4 is 4.90 Å². The van der Waals surface area contributed by atoms with Crippen molar-refractivity contribution in [1.29, 1.82) is 5.26 Å². The van der Waals surface area contributed by atoms with Crippen LogP contribution in [-0.4, -0.2) is 0 Å². The molecule has 0 saturated heterocycles. The fourth-order valence-electron chi connectivity index (χ4n) is 1.53. The van der Waals surface area contributed by atoms with Gasteiger partial charge in [-0.1, -0.05) is 30.3 Å². The fourth-order valence-corrected chi connectivity index (χ4v) is 2.29. The van der Waals surface area contributed by atoms with Crippen molar-refractivity contribution in [3.8, 4) is 6.19 Å². The van der Waals surface area contributed by atoms with E-state index in [-0.39, 0.29) is 0 Å². The van der Waals surface area contributed by atoms with Gasteiger partial charge in [0.05, 0.1) is 11.4 Å². The molecule has 0 amide bonds. The van der Waals surface area contributed by atoms with Crippen LogP contribution in [0.2, 0.25) is 0 Å². The molecule has 4 heteroatoms. The number of halogens is 1. The van der Waals surface area contributed by atoms with E-state index >= 15 is 0 Å². The van der Waals surface area contributed by atoms with E-state index in [0.717, 1.165) is 27.2 Å². The van der Waals surface area contributed by atoms with E-state index in [4.69, 9.17) is 10.7 Å². The molecule has 0 heterocycles. The summed E-state index contributed by atoms with van der Waals surface area (Å²) in [6, 6.07) is 17.0. The van der Waals surface area contributed by atoms with E-state index in [2.05, 4.69) is 6.19 Å². The lowest BCUT2D eigenvalue weighted by Crippen LogP contribution is -2.09. The van der Waals surface area contributed by atoms with E-state index in [1.165, 1.54) is 0 Å². The number of anilines is 2. The van der Waals surface area contributed by atoms with E-state index in [1.54, 1.807) is 4.90 Å². The van der Waals surface area contributed by atoms with Gasteiger partial charge in [-0.05, 0) is 45.9 Å². The van der Waals surface area contributed by atoms with Gasteiger partial charge in [-0.15, -0.1) is 0 Å². The first-order valence-electron chi connectivity index (χ1n) is 4.99. The second-order valence-corrected chi connectivity index (χ2v) is 4.37. The third kappa shape index (κ3) is 2.55. The van der Waals surface area contributed by atoms with Gasteiger partial charge >= 0.3 is 0 Å². The van der Waals surface area contributed by atoms with Crippen molar-refractivity contribution in [2.45, 2.75) is 4.90 Å². The Morgan fingerprint density at radius 2 is 1.65 bits per heavy atom. The quantitative estimate of drug-likeness (QED) is 0.598. The molecule has 0 aromatic heterocycles. The summed E-state index contributed by atoms with van der Waals surface area (Å²) >= 11 is 0. The molecule has 0 atom stereocenters. The van der Waals surface area contributed by atoms with Crippen molar-refractivity contribution in [3.05, 3.63) is 54.6 Å². The van der Waals surface area contributed by atoms with Crippen molar-refractivity contribution in [2.24, 2.45) is 0 Å². The number of rotatable bonds is 3. The minimum Gasteiger partial charge on any atom is -0.247 e. The molecule has 0 saturated carbocycles. The molecule has 84 valence electrons. The first-order valence-corrected chi connectivity index (χ1v) is 6.63. The third-order valence-electron chi connectivity index (χ3n) is 2.30. The highest BCUT2D eigenvalue weighted by Gasteiger charge is 2.12. The smallest absolute Gasteiger partial charge is 0.189 e.